The van der Waals surface area contributed by atoms with Gasteiger partial charge in [0.25, 0.3) is 0 Å². The molecule has 0 saturated carbocycles. The van der Waals surface area contributed by atoms with E-state index >= 15 is 0 Å². The van der Waals surface area contributed by atoms with E-state index in [1.54, 1.807) is 0 Å². The third-order valence-corrected chi connectivity index (χ3v) is 4.23. The summed E-state index contributed by atoms with van der Waals surface area (Å²) < 4.78 is 5.92. The van der Waals surface area contributed by atoms with Crippen LogP contribution in [0.3, 0.4) is 0 Å². The lowest BCUT2D eigenvalue weighted by molar-refractivity contribution is 0.233. The monoisotopic (exact) mass is 290 g/mol. The van der Waals surface area contributed by atoms with Crippen LogP contribution in [0, 0.1) is 13.8 Å². The first-order valence-electron chi connectivity index (χ1n) is 8.27. The number of nitrogens with one attached hydrogen (secondary N) is 1. The standard InChI is InChI=1S/C18H30N2O/c1-15-8-9-16(2)18(13-15)21-12-6-11-20(3)14-17-7-4-5-10-19-17/h8-9,13,17,19H,4-7,10-12,14H2,1-3H3. The normalized spacial score (nSPS) is 19.0. The quantitative estimate of drug-likeness (QED) is 0.781. The van der Waals surface area contributed by atoms with Gasteiger partial charge in [0.05, 0.1) is 6.61 Å². The zero-order valence-corrected chi connectivity index (χ0v) is 13.8. The Hall–Kier alpha value is -1.06. The van der Waals surface area contributed by atoms with E-state index in [0.29, 0.717) is 6.04 Å². The van der Waals surface area contributed by atoms with Gasteiger partial charge in [0.2, 0.25) is 0 Å². The summed E-state index contributed by atoms with van der Waals surface area (Å²) in [4.78, 5) is 2.43. The predicted octanol–water partition coefficient (Wildman–Crippen LogP) is 3.15. The van der Waals surface area contributed by atoms with Gasteiger partial charge in [-0.2, -0.15) is 0 Å². The zero-order chi connectivity index (χ0) is 15.1. The summed E-state index contributed by atoms with van der Waals surface area (Å²) in [5.74, 6) is 1.03. The molecule has 3 nitrogen and oxygen atoms in total. The largest absolute Gasteiger partial charge is 0.493 e. The van der Waals surface area contributed by atoms with Crippen molar-refractivity contribution in [1.82, 2.24) is 10.2 Å². The highest BCUT2D eigenvalue weighted by molar-refractivity contribution is 5.35. The lowest BCUT2D eigenvalue weighted by Crippen LogP contribution is -2.42. The van der Waals surface area contributed by atoms with E-state index in [0.717, 1.165) is 31.9 Å². The fraction of sp³-hybridized carbons (Fsp3) is 0.667. The summed E-state index contributed by atoms with van der Waals surface area (Å²) in [6, 6.07) is 7.08. The zero-order valence-electron chi connectivity index (χ0n) is 13.8. The van der Waals surface area contributed by atoms with Crippen LogP contribution in [0.4, 0.5) is 0 Å². The van der Waals surface area contributed by atoms with Gasteiger partial charge in [0, 0.05) is 19.1 Å². The molecule has 1 aromatic carbocycles. The number of likely N-dealkylation sites (N-methyl/N-ethyl adjacent to an activating group) is 1. The summed E-state index contributed by atoms with van der Waals surface area (Å²) in [6.07, 6.45) is 5.12. The molecule has 1 aromatic rings. The summed E-state index contributed by atoms with van der Waals surface area (Å²) in [5, 5.41) is 3.61. The second-order valence-electron chi connectivity index (χ2n) is 6.38. The lowest BCUT2D eigenvalue weighted by Gasteiger charge is -2.28. The van der Waals surface area contributed by atoms with Crippen molar-refractivity contribution in [2.24, 2.45) is 0 Å². The fourth-order valence-electron chi connectivity index (χ4n) is 2.93. The molecule has 118 valence electrons. The van der Waals surface area contributed by atoms with E-state index < -0.39 is 0 Å². The predicted molar refractivity (Wildman–Crippen MR) is 89.2 cm³/mol. The van der Waals surface area contributed by atoms with Gasteiger partial charge in [-0.05, 0) is 63.9 Å². The molecule has 0 spiro atoms. The van der Waals surface area contributed by atoms with Crippen LogP contribution in [0.5, 0.6) is 5.75 Å². The molecule has 1 unspecified atom stereocenters. The van der Waals surface area contributed by atoms with Crippen LogP contribution < -0.4 is 10.1 Å². The Morgan fingerprint density at radius 1 is 1.29 bits per heavy atom. The van der Waals surface area contributed by atoms with Crippen LogP contribution in [0.25, 0.3) is 0 Å². The maximum Gasteiger partial charge on any atom is 0.122 e. The third-order valence-electron chi connectivity index (χ3n) is 4.23. The van der Waals surface area contributed by atoms with Crippen LogP contribution in [-0.4, -0.2) is 44.2 Å². The molecule has 21 heavy (non-hydrogen) atoms. The van der Waals surface area contributed by atoms with E-state index in [1.807, 2.05) is 0 Å². The molecule has 0 bridgehead atoms. The maximum absolute atomic E-state index is 5.92. The first-order valence-corrected chi connectivity index (χ1v) is 8.27. The van der Waals surface area contributed by atoms with Crippen molar-refractivity contribution in [1.29, 1.82) is 0 Å². The smallest absolute Gasteiger partial charge is 0.122 e. The minimum absolute atomic E-state index is 0.684. The first kappa shape index (κ1) is 16.3. The molecule has 0 radical (unpaired) electrons. The number of benzene rings is 1. The topological polar surface area (TPSA) is 24.5 Å². The third kappa shape index (κ3) is 5.68. The van der Waals surface area contributed by atoms with E-state index in [4.69, 9.17) is 4.74 Å². The second kappa shape index (κ2) is 8.40. The molecule has 1 aliphatic heterocycles. The lowest BCUT2D eigenvalue weighted by atomic mass is 10.0. The first-order chi connectivity index (χ1) is 10.1. The summed E-state index contributed by atoms with van der Waals surface area (Å²) in [5.41, 5.74) is 2.48. The van der Waals surface area contributed by atoms with Gasteiger partial charge in [0.15, 0.2) is 0 Å². The molecule has 1 aliphatic rings. The average Bonchev–Trinajstić information content (AvgIpc) is 2.48. The van der Waals surface area contributed by atoms with Gasteiger partial charge in [-0.15, -0.1) is 0 Å². The number of nitrogens with zero attached hydrogens (tertiary/aromatic N) is 1. The molecule has 1 atom stereocenters. The van der Waals surface area contributed by atoms with Crippen LogP contribution >= 0.6 is 0 Å². The molecule has 2 rings (SSSR count). The molecular formula is C18H30N2O. The molecular weight excluding hydrogens is 260 g/mol. The molecule has 0 aliphatic carbocycles. The van der Waals surface area contributed by atoms with E-state index in [2.05, 4.69) is 49.3 Å². The van der Waals surface area contributed by atoms with Crippen molar-refractivity contribution in [3.05, 3.63) is 29.3 Å². The SMILES string of the molecule is Cc1ccc(C)c(OCCCN(C)CC2CCCCN2)c1. The van der Waals surface area contributed by atoms with Crippen molar-refractivity contribution in [3.63, 3.8) is 0 Å². The number of ether oxygens (including phenoxy) is 1. The molecule has 0 amide bonds. The van der Waals surface area contributed by atoms with Crippen LogP contribution in [0.1, 0.15) is 36.8 Å². The van der Waals surface area contributed by atoms with Gasteiger partial charge in [0.1, 0.15) is 5.75 Å². The summed E-state index contributed by atoms with van der Waals surface area (Å²) in [6.45, 7) is 8.46. The Morgan fingerprint density at radius 2 is 2.14 bits per heavy atom. The molecule has 1 saturated heterocycles. The number of aryl methyl sites for hydroxylation is 2. The van der Waals surface area contributed by atoms with Gasteiger partial charge < -0.3 is 15.0 Å². The van der Waals surface area contributed by atoms with Gasteiger partial charge in [-0.1, -0.05) is 18.6 Å². The van der Waals surface area contributed by atoms with Crippen LogP contribution in [0.2, 0.25) is 0 Å². The van der Waals surface area contributed by atoms with Gasteiger partial charge in [-0.25, -0.2) is 0 Å². The molecule has 3 heteroatoms. The highest BCUT2D eigenvalue weighted by Gasteiger charge is 2.14. The van der Waals surface area contributed by atoms with Crippen LogP contribution in [-0.2, 0) is 0 Å². The highest BCUT2D eigenvalue weighted by Crippen LogP contribution is 2.19. The van der Waals surface area contributed by atoms with Gasteiger partial charge in [-0.3, -0.25) is 0 Å². The van der Waals surface area contributed by atoms with Gasteiger partial charge >= 0.3 is 0 Å². The van der Waals surface area contributed by atoms with Crippen molar-refractivity contribution in [2.75, 3.05) is 33.3 Å². The fourth-order valence-corrected chi connectivity index (χ4v) is 2.93. The molecule has 1 N–H and O–H groups in total. The van der Waals surface area contributed by atoms with Crippen molar-refractivity contribution in [2.45, 2.75) is 45.6 Å². The minimum Gasteiger partial charge on any atom is -0.493 e. The molecule has 0 aromatic heterocycles. The number of piperidine rings is 1. The Morgan fingerprint density at radius 3 is 2.90 bits per heavy atom. The Bertz CT molecular complexity index is 427. The van der Waals surface area contributed by atoms with E-state index in [-0.39, 0.29) is 0 Å². The minimum atomic E-state index is 0.684. The molecule has 1 fully saturated rings. The maximum atomic E-state index is 5.92. The van der Waals surface area contributed by atoms with Crippen LogP contribution in [0.15, 0.2) is 18.2 Å². The Kier molecular flexibility index (Phi) is 6.52. The Labute approximate surface area is 129 Å². The Balaban J connectivity index is 1.63. The van der Waals surface area contributed by atoms with Crippen molar-refractivity contribution >= 4 is 0 Å². The second-order valence-corrected chi connectivity index (χ2v) is 6.38. The summed E-state index contributed by atoms with van der Waals surface area (Å²) >= 11 is 0. The number of hydrogen-bond donors (Lipinski definition) is 1. The number of rotatable bonds is 7. The van der Waals surface area contributed by atoms with Crippen molar-refractivity contribution in [3.8, 4) is 5.75 Å². The van der Waals surface area contributed by atoms with E-state index in [9.17, 15) is 0 Å². The average molecular weight is 290 g/mol. The van der Waals surface area contributed by atoms with E-state index in [1.165, 1.54) is 36.9 Å². The molecule has 1 heterocycles. The summed E-state index contributed by atoms with van der Waals surface area (Å²) in [7, 11) is 2.22. The highest BCUT2D eigenvalue weighted by atomic mass is 16.5. The number of hydrogen-bond acceptors (Lipinski definition) is 3. The van der Waals surface area contributed by atoms with Crippen molar-refractivity contribution < 1.29 is 4.74 Å².